The molecular formula is C20H17BrN2O3S. The van der Waals surface area contributed by atoms with Crippen molar-refractivity contribution in [1.82, 2.24) is 4.90 Å². The lowest BCUT2D eigenvalue weighted by atomic mass is 10.2. The van der Waals surface area contributed by atoms with E-state index in [0.717, 1.165) is 9.35 Å². The highest BCUT2D eigenvalue weighted by Gasteiger charge is 2.13. The monoisotopic (exact) mass is 444 g/mol. The van der Waals surface area contributed by atoms with E-state index in [1.54, 1.807) is 71.8 Å². The van der Waals surface area contributed by atoms with E-state index in [2.05, 4.69) is 15.9 Å². The van der Waals surface area contributed by atoms with Crippen molar-refractivity contribution < 1.29 is 14.3 Å². The molecule has 3 aromatic rings. The van der Waals surface area contributed by atoms with Gasteiger partial charge in [-0.2, -0.15) is 0 Å². The number of rotatable bonds is 6. The molecular weight excluding hydrogens is 428 g/mol. The summed E-state index contributed by atoms with van der Waals surface area (Å²) in [5, 5.41) is 2.00. The molecule has 0 fully saturated rings. The van der Waals surface area contributed by atoms with Gasteiger partial charge in [0.15, 0.2) is 0 Å². The van der Waals surface area contributed by atoms with Gasteiger partial charge in [0.05, 0.1) is 6.54 Å². The lowest BCUT2D eigenvalue weighted by Gasteiger charge is -2.16. The molecule has 0 saturated heterocycles. The number of thiophene rings is 1. The molecule has 2 amide bonds. The van der Waals surface area contributed by atoms with Crippen molar-refractivity contribution in [2.45, 2.75) is 6.54 Å². The van der Waals surface area contributed by atoms with E-state index in [1.807, 2.05) is 11.4 Å². The summed E-state index contributed by atoms with van der Waals surface area (Å²) in [6.45, 7) is 0.555. The van der Waals surface area contributed by atoms with Crippen LogP contribution in [0.1, 0.15) is 25.6 Å². The smallest absolute Gasteiger partial charge is 0.253 e. The molecule has 7 heteroatoms. The van der Waals surface area contributed by atoms with Crippen LogP contribution in [-0.4, -0.2) is 23.8 Å². The Hall–Kier alpha value is -2.64. The Morgan fingerprint density at radius 3 is 2.07 bits per heavy atom. The number of nitrogens with zero attached hydrogens (tertiary/aromatic N) is 1. The summed E-state index contributed by atoms with van der Waals surface area (Å²) >= 11 is 5.03. The molecule has 27 heavy (non-hydrogen) atoms. The van der Waals surface area contributed by atoms with Gasteiger partial charge in [0.2, 0.25) is 5.91 Å². The molecule has 0 aliphatic carbocycles. The van der Waals surface area contributed by atoms with Gasteiger partial charge in [-0.25, -0.2) is 0 Å². The maximum absolute atomic E-state index is 12.6. The summed E-state index contributed by atoms with van der Waals surface area (Å²) in [5.74, 6) is 0.642. The molecule has 0 bridgehead atoms. The van der Waals surface area contributed by atoms with Crippen LogP contribution in [0.15, 0.2) is 64.5 Å². The largest absolute Gasteiger partial charge is 0.457 e. The van der Waals surface area contributed by atoms with Crippen LogP contribution in [0.4, 0.5) is 0 Å². The van der Waals surface area contributed by atoms with Gasteiger partial charge in [-0.3, -0.25) is 9.59 Å². The summed E-state index contributed by atoms with van der Waals surface area (Å²) in [5.41, 5.74) is 6.23. The maximum Gasteiger partial charge on any atom is 0.253 e. The van der Waals surface area contributed by atoms with Crippen molar-refractivity contribution in [2.24, 2.45) is 5.73 Å². The normalized spacial score (nSPS) is 10.4. The summed E-state index contributed by atoms with van der Waals surface area (Å²) in [7, 11) is 1.78. The molecule has 0 radical (unpaired) electrons. The van der Waals surface area contributed by atoms with Crippen LogP contribution in [0.25, 0.3) is 0 Å². The van der Waals surface area contributed by atoms with Gasteiger partial charge in [-0.15, -0.1) is 11.3 Å². The number of carbonyl (C=O) groups excluding carboxylic acids is 2. The standard InChI is InChI=1S/C20H17BrN2O3S/c1-23(11-18-10-15(21)12-27-18)20(25)14-4-8-17(9-5-14)26-16-6-2-13(3-7-16)19(22)24/h2-10,12H,11H2,1H3,(H2,22,24). The van der Waals surface area contributed by atoms with Crippen LogP contribution in [0.3, 0.4) is 0 Å². The predicted molar refractivity (Wildman–Crippen MR) is 109 cm³/mol. The SMILES string of the molecule is CN(Cc1cc(Br)cs1)C(=O)c1ccc(Oc2ccc(C(N)=O)cc2)cc1. The zero-order valence-corrected chi connectivity index (χ0v) is 16.9. The van der Waals surface area contributed by atoms with Gasteiger partial charge in [-0.05, 0) is 70.5 Å². The molecule has 138 valence electrons. The second-order valence-electron chi connectivity index (χ2n) is 5.91. The first-order valence-corrected chi connectivity index (χ1v) is 9.76. The number of primary amides is 1. The van der Waals surface area contributed by atoms with E-state index in [9.17, 15) is 9.59 Å². The zero-order chi connectivity index (χ0) is 19.4. The molecule has 3 rings (SSSR count). The van der Waals surface area contributed by atoms with Crippen LogP contribution in [0.5, 0.6) is 11.5 Å². The van der Waals surface area contributed by atoms with E-state index >= 15 is 0 Å². The maximum atomic E-state index is 12.6. The number of amides is 2. The summed E-state index contributed by atoms with van der Waals surface area (Å²) in [6, 6.07) is 15.5. The van der Waals surface area contributed by atoms with Crippen LogP contribution < -0.4 is 10.5 Å². The zero-order valence-electron chi connectivity index (χ0n) is 14.5. The second kappa shape index (κ2) is 8.37. The molecule has 5 nitrogen and oxygen atoms in total. The van der Waals surface area contributed by atoms with Crippen molar-refractivity contribution in [3.8, 4) is 11.5 Å². The Morgan fingerprint density at radius 2 is 1.59 bits per heavy atom. The number of hydrogen-bond donors (Lipinski definition) is 1. The molecule has 0 unspecified atom stereocenters. The van der Waals surface area contributed by atoms with Gasteiger partial charge >= 0.3 is 0 Å². The quantitative estimate of drug-likeness (QED) is 0.599. The van der Waals surface area contributed by atoms with E-state index < -0.39 is 5.91 Å². The first kappa shape index (κ1) is 19.1. The number of benzene rings is 2. The Morgan fingerprint density at radius 1 is 1.04 bits per heavy atom. The third-order valence-electron chi connectivity index (χ3n) is 3.84. The molecule has 2 N–H and O–H groups in total. The summed E-state index contributed by atoms with van der Waals surface area (Å²) in [4.78, 5) is 26.4. The van der Waals surface area contributed by atoms with Crippen molar-refractivity contribution in [3.63, 3.8) is 0 Å². The van der Waals surface area contributed by atoms with Crippen molar-refractivity contribution in [2.75, 3.05) is 7.05 Å². The van der Waals surface area contributed by atoms with Gasteiger partial charge < -0.3 is 15.4 Å². The van der Waals surface area contributed by atoms with Gasteiger partial charge in [0.25, 0.3) is 5.91 Å². The fourth-order valence-electron chi connectivity index (χ4n) is 2.45. The fraction of sp³-hybridized carbons (Fsp3) is 0.100. The minimum absolute atomic E-state index is 0.0584. The molecule has 1 aromatic heterocycles. The van der Waals surface area contributed by atoms with Crippen molar-refractivity contribution in [3.05, 3.63) is 80.5 Å². The van der Waals surface area contributed by atoms with E-state index in [-0.39, 0.29) is 5.91 Å². The number of halogens is 1. The highest BCUT2D eigenvalue weighted by Crippen LogP contribution is 2.24. The summed E-state index contributed by atoms with van der Waals surface area (Å²) in [6.07, 6.45) is 0. The first-order chi connectivity index (χ1) is 12.9. The molecule has 0 aliphatic heterocycles. The third-order valence-corrected chi connectivity index (χ3v) is 5.52. The Bertz CT molecular complexity index is 952. The number of nitrogens with two attached hydrogens (primary N) is 1. The topological polar surface area (TPSA) is 72.6 Å². The van der Waals surface area contributed by atoms with Gasteiger partial charge in [0.1, 0.15) is 11.5 Å². The minimum atomic E-state index is -0.483. The minimum Gasteiger partial charge on any atom is -0.457 e. The lowest BCUT2D eigenvalue weighted by Crippen LogP contribution is -2.25. The van der Waals surface area contributed by atoms with Crippen LogP contribution >= 0.6 is 27.3 Å². The number of carbonyl (C=O) groups is 2. The molecule has 0 atom stereocenters. The third kappa shape index (κ3) is 4.96. The average Bonchev–Trinajstić information content (AvgIpc) is 3.07. The highest BCUT2D eigenvalue weighted by atomic mass is 79.9. The van der Waals surface area contributed by atoms with Gasteiger partial charge in [0, 0.05) is 32.9 Å². The van der Waals surface area contributed by atoms with Crippen molar-refractivity contribution in [1.29, 1.82) is 0 Å². The van der Waals surface area contributed by atoms with Gasteiger partial charge in [-0.1, -0.05) is 0 Å². The van der Waals surface area contributed by atoms with Crippen LogP contribution in [0.2, 0.25) is 0 Å². The fourth-order valence-corrected chi connectivity index (χ4v) is 3.95. The highest BCUT2D eigenvalue weighted by molar-refractivity contribution is 9.10. The molecule has 0 spiro atoms. The molecule has 1 heterocycles. The molecule has 0 aliphatic rings. The molecule has 2 aromatic carbocycles. The summed E-state index contributed by atoms with van der Waals surface area (Å²) < 4.78 is 6.75. The Labute approximate surface area is 169 Å². The van der Waals surface area contributed by atoms with E-state index in [1.165, 1.54) is 0 Å². The lowest BCUT2D eigenvalue weighted by molar-refractivity contribution is 0.0786. The number of ether oxygens (including phenoxy) is 1. The average molecular weight is 445 g/mol. The Balaban J connectivity index is 1.63. The number of hydrogen-bond acceptors (Lipinski definition) is 4. The molecule has 0 saturated carbocycles. The van der Waals surface area contributed by atoms with Crippen LogP contribution in [-0.2, 0) is 6.54 Å². The van der Waals surface area contributed by atoms with Crippen molar-refractivity contribution >= 4 is 39.1 Å². The van der Waals surface area contributed by atoms with E-state index in [4.69, 9.17) is 10.5 Å². The Kier molecular flexibility index (Phi) is 5.93. The predicted octanol–water partition coefficient (Wildman–Crippen LogP) is 4.67. The van der Waals surface area contributed by atoms with E-state index in [0.29, 0.717) is 29.2 Å². The first-order valence-electron chi connectivity index (χ1n) is 8.08. The van der Waals surface area contributed by atoms with Crippen LogP contribution in [0, 0.1) is 0 Å². The second-order valence-corrected chi connectivity index (χ2v) is 7.82.